The molecule has 0 saturated carbocycles. The molecular formula is C13H7Cl2F6N5O5. The molecule has 1 aliphatic heterocycles. The normalized spacial score (nSPS) is 17.5. The number of nitro groups is 2. The van der Waals surface area contributed by atoms with Gasteiger partial charge in [0.15, 0.2) is 18.1 Å². The van der Waals surface area contributed by atoms with Gasteiger partial charge in [-0.25, -0.2) is 4.99 Å². The van der Waals surface area contributed by atoms with Crippen molar-refractivity contribution in [3.05, 3.63) is 48.8 Å². The molecule has 0 spiro atoms. The van der Waals surface area contributed by atoms with E-state index in [4.69, 9.17) is 28.9 Å². The molecule has 31 heavy (non-hydrogen) atoms. The third-order valence-corrected chi connectivity index (χ3v) is 4.22. The molecular weight excluding hydrogens is 491 g/mol. The molecule has 0 saturated heterocycles. The van der Waals surface area contributed by atoms with Crippen molar-refractivity contribution in [3.63, 3.8) is 0 Å². The van der Waals surface area contributed by atoms with Gasteiger partial charge in [0.2, 0.25) is 5.88 Å². The molecule has 1 atom stereocenters. The molecule has 0 fully saturated rings. The van der Waals surface area contributed by atoms with Gasteiger partial charge in [-0.2, -0.15) is 26.3 Å². The first-order chi connectivity index (χ1) is 14.0. The number of ether oxygens (including phenoxy) is 1. The van der Waals surface area contributed by atoms with E-state index >= 15 is 0 Å². The van der Waals surface area contributed by atoms with Crippen molar-refractivity contribution in [1.29, 1.82) is 0 Å². The van der Waals surface area contributed by atoms with Gasteiger partial charge in [0.1, 0.15) is 10.7 Å². The van der Waals surface area contributed by atoms with Gasteiger partial charge in [-0.05, 0) is 0 Å². The molecule has 1 aliphatic rings. The largest absolute Gasteiger partial charge is 0.468 e. The zero-order valence-electron chi connectivity index (χ0n) is 14.4. The predicted octanol–water partition coefficient (Wildman–Crippen LogP) is 4.21. The molecule has 0 radical (unpaired) electrons. The number of rotatable bonds is 5. The fraction of sp³-hybridized carbons (Fsp3) is 0.308. The highest BCUT2D eigenvalue weighted by atomic mass is 35.5. The topological polar surface area (TPSA) is 137 Å². The molecule has 0 amide bonds. The third kappa shape index (κ3) is 5.26. The summed E-state index contributed by atoms with van der Waals surface area (Å²) in [6, 6.07) is 0.0940. The molecule has 170 valence electrons. The molecule has 0 aromatic heterocycles. The summed E-state index contributed by atoms with van der Waals surface area (Å²) in [5.74, 6) is -1.23. The van der Waals surface area contributed by atoms with E-state index in [1.807, 2.05) is 0 Å². The average molecular weight is 498 g/mol. The predicted molar refractivity (Wildman–Crippen MR) is 93.4 cm³/mol. The molecule has 1 aromatic rings. The quantitative estimate of drug-likeness (QED) is 0.365. The summed E-state index contributed by atoms with van der Waals surface area (Å²) < 4.78 is 83.2. The second-order valence-corrected chi connectivity index (χ2v) is 6.34. The summed E-state index contributed by atoms with van der Waals surface area (Å²) >= 11 is 11.3. The van der Waals surface area contributed by atoms with Gasteiger partial charge in [-0.1, -0.05) is 23.2 Å². The van der Waals surface area contributed by atoms with E-state index in [1.165, 1.54) is 0 Å². The molecule has 1 aromatic carbocycles. The lowest BCUT2D eigenvalue weighted by Crippen LogP contribution is -2.46. The van der Waals surface area contributed by atoms with Crippen LogP contribution in [0.4, 0.5) is 43.4 Å². The van der Waals surface area contributed by atoms with Crippen LogP contribution in [0.25, 0.3) is 0 Å². The molecule has 18 heteroatoms. The SMILES string of the molecule is NC1N=C(Cl)C(Cl)=C(OCC(F)(F)F)N1c1c([N+](=O)[O-])cc([N+](=O)[O-])cc1C(F)(F)F. The van der Waals surface area contributed by atoms with E-state index in [1.54, 1.807) is 0 Å². The summed E-state index contributed by atoms with van der Waals surface area (Å²) in [5, 5.41) is 20.7. The highest BCUT2D eigenvalue weighted by molar-refractivity contribution is 6.76. The molecule has 10 nitrogen and oxygen atoms in total. The molecule has 0 aliphatic carbocycles. The second kappa shape index (κ2) is 8.35. The van der Waals surface area contributed by atoms with Gasteiger partial charge in [-0.3, -0.25) is 30.9 Å². The Morgan fingerprint density at radius 1 is 1.13 bits per heavy atom. The Hall–Kier alpha value is -2.85. The molecule has 2 rings (SSSR count). The minimum atomic E-state index is -5.46. The number of anilines is 1. The van der Waals surface area contributed by atoms with Crippen LogP contribution < -0.4 is 10.6 Å². The Balaban J connectivity index is 2.87. The summed E-state index contributed by atoms with van der Waals surface area (Å²) in [6.07, 6.45) is -12.5. The molecule has 1 heterocycles. The van der Waals surface area contributed by atoms with Crippen LogP contribution in [0.2, 0.25) is 0 Å². The zero-order chi connectivity index (χ0) is 23.9. The van der Waals surface area contributed by atoms with Crippen LogP contribution in [0.15, 0.2) is 28.0 Å². The number of hydrogen-bond acceptors (Lipinski definition) is 8. The minimum Gasteiger partial charge on any atom is -0.468 e. The fourth-order valence-electron chi connectivity index (χ4n) is 2.38. The van der Waals surface area contributed by atoms with Crippen LogP contribution in [-0.2, 0) is 10.9 Å². The fourth-order valence-corrected chi connectivity index (χ4v) is 2.75. The van der Waals surface area contributed by atoms with Crippen molar-refractivity contribution in [1.82, 2.24) is 0 Å². The van der Waals surface area contributed by atoms with Gasteiger partial charge in [0.25, 0.3) is 5.69 Å². The van der Waals surface area contributed by atoms with Crippen LogP contribution in [0.5, 0.6) is 0 Å². The Bertz CT molecular complexity index is 996. The number of nitrogens with zero attached hydrogens (tertiary/aromatic N) is 4. The lowest BCUT2D eigenvalue weighted by Gasteiger charge is -2.34. The second-order valence-electron chi connectivity index (χ2n) is 5.60. The van der Waals surface area contributed by atoms with E-state index in [2.05, 4.69) is 9.73 Å². The molecule has 0 bridgehead atoms. The monoisotopic (exact) mass is 497 g/mol. The number of nitrogens with two attached hydrogens (primary N) is 1. The summed E-state index contributed by atoms with van der Waals surface area (Å²) in [7, 11) is 0. The summed E-state index contributed by atoms with van der Waals surface area (Å²) in [4.78, 5) is 23.0. The maximum Gasteiger partial charge on any atom is 0.422 e. The maximum absolute atomic E-state index is 13.6. The van der Waals surface area contributed by atoms with Crippen LogP contribution in [-0.4, -0.2) is 34.1 Å². The number of hydrogen-bond donors (Lipinski definition) is 1. The highest BCUT2D eigenvalue weighted by Gasteiger charge is 2.45. The average Bonchev–Trinajstić information content (AvgIpc) is 2.60. The van der Waals surface area contributed by atoms with Gasteiger partial charge >= 0.3 is 18.0 Å². The van der Waals surface area contributed by atoms with Gasteiger partial charge in [0.05, 0.1) is 21.5 Å². The molecule has 1 unspecified atom stereocenters. The van der Waals surface area contributed by atoms with Crippen molar-refractivity contribution in [2.75, 3.05) is 11.5 Å². The van der Waals surface area contributed by atoms with Crippen LogP contribution in [0.1, 0.15) is 5.56 Å². The van der Waals surface area contributed by atoms with Gasteiger partial charge in [-0.15, -0.1) is 0 Å². The number of non-ortho nitro benzene ring substituents is 1. The van der Waals surface area contributed by atoms with Crippen molar-refractivity contribution < 1.29 is 40.9 Å². The lowest BCUT2D eigenvalue weighted by molar-refractivity contribution is -0.394. The van der Waals surface area contributed by atoms with E-state index in [0.717, 1.165) is 0 Å². The Labute approximate surface area is 176 Å². The van der Waals surface area contributed by atoms with Crippen molar-refractivity contribution in [3.8, 4) is 0 Å². The van der Waals surface area contributed by atoms with E-state index in [9.17, 15) is 46.6 Å². The van der Waals surface area contributed by atoms with Crippen molar-refractivity contribution >= 4 is 45.4 Å². The van der Waals surface area contributed by atoms with E-state index in [0.29, 0.717) is 0 Å². The smallest absolute Gasteiger partial charge is 0.422 e. The van der Waals surface area contributed by atoms with Crippen LogP contribution in [0.3, 0.4) is 0 Å². The Morgan fingerprint density at radius 2 is 1.71 bits per heavy atom. The number of nitro benzene ring substituents is 2. The number of halogens is 8. The lowest BCUT2D eigenvalue weighted by atomic mass is 10.1. The maximum atomic E-state index is 13.6. The summed E-state index contributed by atoms with van der Waals surface area (Å²) in [5.41, 5.74) is -0.758. The van der Waals surface area contributed by atoms with Gasteiger partial charge in [0, 0.05) is 6.07 Å². The van der Waals surface area contributed by atoms with Gasteiger partial charge < -0.3 is 4.74 Å². The summed E-state index contributed by atoms with van der Waals surface area (Å²) in [6.45, 7) is -2.09. The zero-order valence-corrected chi connectivity index (χ0v) is 15.9. The van der Waals surface area contributed by atoms with Crippen LogP contribution >= 0.6 is 23.2 Å². The van der Waals surface area contributed by atoms with E-state index < -0.39 is 73.8 Å². The third-order valence-electron chi connectivity index (χ3n) is 3.50. The number of aliphatic imine (C=N–C) groups is 1. The van der Waals surface area contributed by atoms with Crippen LogP contribution in [0, 0.1) is 20.2 Å². The Morgan fingerprint density at radius 3 is 2.16 bits per heavy atom. The first-order valence-corrected chi connectivity index (χ1v) is 8.22. The minimum absolute atomic E-state index is 0.0463. The number of alkyl halides is 6. The van der Waals surface area contributed by atoms with E-state index in [-0.39, 0.29) is 17.0 Å². The van der Waals surface area contributed by atoms with Crippen molar-refractivity contribution in [2.24, 2.45) is 10.7 Å². The number of benzene rings is 1. The number of allylic oxidation sites excluding steroid dienone is 1. The molecule has 2 N–H and O–H groups in total. The first kappa shape index (κ1) is 24.4. The Kier molecular flexibility index (Phi) is 6.58. The standard InChI is InChI=1S/C13H7Cl2F6N5O5/c14-7-9(15)23-11(22)24(10(7)31-3-12(16,17)18)8-5(13(19,20)21)1-4(25(27)28)2-6(8)26(29)30/h1-2,11H,3,22H2. The first-order valence-electron chi connectivity index (χ1n) is 7.46. The highest BCUT2D eigenvalue weighted by Crippen LogP contribution is 2.47. The van der Waals surface area contributed by atoms with Crippen molar-refractivity contribution in [2.45, 2.75) is 18.6 Å².